The number of hydrogen-bond acceptors (Lipinski definition) is 6. The molecular formula is C19H23N3O4S. The normalized spacial score (nSPS) is 25.9. The van der Waals surface area contributed by atoms with Crippen molar-refractivity contribution in [2.75, 3.05) is 38.2 Å². The number of amides is 1. The lowest BCUT2D eigenvalue weighted by atomic mass is 9.97. The lowest BCUT2D eigenvalue weighted by Gasteiger charge is -2.34. The Balaban J connectivity index is 1.46. The zero-order chi connectivity index (χ0) is 19.0. The zero-order valence-electron chi connectivity index (χ0n) is 15.3. The molecule has 2 saturated heterocycles. The number of carbonyl (C=O) groups excluding carboxylic acids is 1. The fraction of sp³-hybridized carbons (Fsp3) is 0.526. The first-order valence-corrected chi connectivity index (χ1v) is 10.0. The molecule has 2 aliphatic rings. The molecule has 2 fully saturated rings. The summed E-state index contributed by atoms with van der Waals surface area (Å²) in [4.78, 5) is 33.1. The number of nitrogens with zero attached hydrogens (tertiary/aromatic N) is 3. The molecule has 1 N–H and O–H groups in total. The second kappa shape index (κ2) is 7.09. The van der Waals surface area contributed by atoms with Crippen LogP contribution in [-0.4, -0.2) is 65.8 Å². The zero-order valence-corrected chi connectivity index (χ0v) is 16.1. The quantitative estimate of drug-likeness (QED) is 0.863. The molecule has 8 heteroatoms. The van der Waals surface area contributed by atoms with E-state index in [1.807, 2.05) is 18.2 Å². The van der Waals surface area contributed by atoms with Gasteiger partial charge in [-0.15, -0.1) is 0 Å². The van der Waals surface area contributed by atoms with Gasteiger partial charge in [0, 0.05) is 33.2 Å². The maximum Gasteiger partial charge on any atom is 0.337 e. The van der Waals surface area contributed by atoms with Gasteiger partial charge in [0.15, 0.2) is 10.7 Å². The molecule has 0 saturated carbocycles. The monoisotopic (exact) mass is 389 g/mol. The summed E-state index contributed by atoms with van der Waals surface area (Å²) >= 11 is 1.65. The first kappa shape index (κ1) is 18.2. The molecular weight excluding hydrogens is 366 g/mol. The number of aromatic nitrogens is 1. The summed E-state index contributed by atoms with van der Waals surface area (Å²) < 4.78 is 6.39. The third kappa shape index (κ3) is 3.27. The van der Waals surface area contributed by atoms with Crippen molar-refractivity contribution in [3.05, 3.63) is 24.3 Å². The Morgan fingerprint density at radius 3 is 2.85 bits per heavy atom. The minimum Gasteiger partial charge on any atom is -0.479 e. The van der Waals surface area contributed by atoms with Gasteiger partial charge in [0.05, 0.1) is 22.7 Å². The number of hydrogen-bond donors (Lipinski definition) is 1. The summed E-state index contributed by atoms with van der Waals surface area (Å²) in [5, 5.41) is 10.4. The lowest BCUT2D eigenvalue weighted by molar-refractivity contribution is -0.161. The Labute approximate surface area is 161 Å². The Morgan fingerprint density at radius 2 is 2.15 bits per heavy atom. The van der Waals surface area contributed by atoms with Crippen LogP contribution in [0.3, 0.4) is 0 Å². The molecule has 0 radical (unpaired) electrons. The molecule has 3 heterocycles. The van der Waals surface area contributed by atoms with Crippen LogP contribution in [0.1, 0.15) is 19.3 Å². The van der Waals surface area contributed by atoms with Crippen LogP contribution in [-0.2, 0) is 14.3 Å². The summed E-state index contributed by atoms with van der Waals surface area (Å²) in [6, 6.07) is 8.04. The molecule has 0 spiro atoms. The molecule has 144 valence electrons. The average molecular weight is 389 g/mol. The van der Waals surface area contributed by atoms with E-state index in [0.717, 1.165) is 34.7 Å². The number of benzene rings is 1. The van der Waals surface area contributed by atoms with Crippen LogP contribution in [0.4, 0.5) is 5.13 Å². The van der Waals surface area contributed by atoms with Crippen LogP contribution in [0.2, 0.25) is 0 Å². The highest BCUT2D eigenvalue weighted by molar-refractivity contribution is 7.22. The topological polar surface area (TPSA) is 83.0 Å². The standard InChI is InChI=1S/C19H23N3O4S/c1-26-19(17(24)25)8-10-22(12-19)16(23)13-5-4-9-21(11-13)18-20-14-6-2-3-7-15(14)27-18/h2-3,6-7,13H,4-5,8-12H2,1H3,(H,24,25). The number of para-hydroxylation sites is 1. The number of aliphatic carboxylic acids is 1. The smallest absolute Gasteiger partial charge is 0.337 e. The number of carboxylic acids is 1. The molecule has 1 amide bonds. The second-order valence-corrected chi connectivity index (χ2v) is 8.27. The Kier molecular flexibility index (Phi) is 4.77. The summed E-state index contributed by atoms with van der Waals surface area (Å²) in [6.07, 6.45) is 2.08. The van der Waals surface area contributed by atoms with Crippen molar-refractivity contribution in [3.8, 4) is 0 Å². The molecule has 7 nitrogen and oxygen atoms in total. The second-order valence-electron chi connectivity index (χ2n) is 7.26. The summed E-state index contributed by atoms with van der Waals surface area (Å²) in [6.45, 7) is 2.06. The Morgan fingerprint density at radius 1 is 1.33 bits per heavy atom. The van der Waals surface area contributed by atoms with Gasteiger partial charge < -0.3 is 19.6 Å². The van der Waals surface area contributed by atoms with Gasteiger partial charge in [-0.1, -0.05) is 23.5 Å². The highest BCUT2D eigenvalue weighted by Crippen LogP contribution is 2.33. The number of methoxy groups -OCH3 is 1. The number of piperidine rings is 1. The van der Waals surface area contributed by atoms with Gasteiger partial charge in [-0.25, -0.2) is 9.78 Å². The van der Waals surface area contributed by atoms with E-state index in [1.54, 1.807) is 16.2 Å². The van der Waals surface area contributed by atoms with Crippen LogP contribution in [0.25, 0.3) is 10.2 Å². The Bertz CT molecular complexity index is 837. The van der Waals surface area contributed by atoms with Crippen molar-refractivity contribution < 1.29 is 19.4 Å². The van der Waals surface area contributed by atoms with Crippen molar-refractivity contribution >= 4 is 38.6 Å². The van der Waals surface area contributed by atoms with Crippen LogP contribution in [0.15, 0.2) is 24.3 Å². The van der Waals surface area contributed by atoms with E-state index in [1.165, 1.54) is 7.11 Å². The minimum atomic E-state index is -1.27. The summed E-state index contributed by atoms with van der Waals surface area (Å²) in [7, 11) is 1.40. The predicted octanol–water partition coefficient (Wildman–Crippen LogP) is 2.21. The highest BCUT2D eigenvalue weighted by Gasteiger charge is 2.47. The van der Waals surface area contributed by atoms with Gasteiger partial charge in [0.1, 0.15) is 0 Å². The van der Waals surface area contributed by atoms with Gasteiger partial charge in [0.2, 0.25) is 5.91 Å². The van der Waals surface area contributed by atoms with E-state index in [0.29, 0.717) is 19.5 Å². The number of anilines is 1. The average Bonchev–Trinajstić information content (AvgIpc) is 3.32. The predicted molar refractivity (Wildman–Crippen MR) is 103 cm³/mol. The first-order valence-electron chi connectivity index (χ1n) is 9.20. The molecule has 2 aromatic rings. The number of carboxylic acid groups (broad SMARTS) is 1. The molecule has 0 bridgehead atoms. The SMILES string of the molecule is COC1(C(=O)O)CCN(C(=O)C2CCCN(c3nc4ccccc4s3)C2)C1. The third-order valence-corrected chi connectivity index (χ3v) is 6.74. The molecule has 2 aliphatic heterocycles. The van der Waals surface area contributed by atoms with Crippen molar-refractivity contribution in [3.63, 3.8) is 0 Å². The highest BCUT2D eigenvalue weighted by atomic mass is 32.1. The van der Waals surface area contributed by atoms with Crippen molar-refractivity contribution in [1.82, 2.24) is 9.88 Å². The van der Waals surface area contributed by atoms with Crippen molar-refractivity contribution in [2.24, 2.45) is 5.92 Å². The fourth-order valence-corrected chi connectivity index (χ4v) is 5.01. The van der Waals surface area contributed by atoms with Gasteiger partial charge in [-0.05, 0) is 25.0 Å². The maximum absolute atomic E-state index is 13.0. The largest absolute Gasteiger partial charge is 0.479 e. The van der Waals surface area contributed by atoms with Crippen LogP contribution in [0.5, 0.6) is 0 Å². The minimum absolute atomic E-state index is 0.0287. The number of carbonyl (C=O) groups is 2. The van der Waals surface area contributed by atoms with Gasteiger partial charge in [-0.3, -0.25) is 4.79 Å². The van der Waals surface area contributed by atoms with E-state index in [4.69, 9.17) is 9.72 Å². The molecule has 4 rings (SSSR count). The van der Waals surface area contributed by atoms with Crippen LogP contribution >= 0.6 is 11.3 Å². The van der Waals surface area contributed by atoms with Crippen LogP contribution in [0, 0.1) is 5.92 Å². The first-order chi connectivity index (χ1) is 13.0. The number of ether oxygens (including phenoxy) is 1. The lowest BCUT2D eigenvalue weighted by Crippen LogP contribution is -2.48. The number of fused-ring (bicyclic) bond motifs is 1. The number of thiazole rings is 1. The summed E-state index contributed by atoms with van der Waals surface area (Å²) in [5.41, 5.74) is -0.284. The maximum atomic E-state index is 13.0. The van der Waals surface area contributed by atoms with E-state index in [9.17, 15) is 14.7 Å². The van der Waals surface area contributed by atoms with E-state index in [2.05, 4.69) is 11.0 Å². The molecule has 1 aromatic heterocycles. The van der Waals surface area contributed by atoms with Crippen molar-refractivity contribution in [2.45, 2.75) is 24.9 Å². The van der Waals surface area contributed by atoms with Gasteiger partial charge >= 0.3 is 5.97 Å². The van der Waals surface area contributed by atoms with Crippen LogP contribution < -0.4 is 4.90 Å². The van der Waals surface area contributed by atoms with Gasteiger partial charge in [-0.2, -0.15) is 0 Å². The van der Waals surface area contributed by atoms with E-state index in [-0.39, 0.29) is 18.4 Å². The van der Waals surface area contributed by atoms with E-state index >= 15 is 0 Å². The molecule has 2 unspecified atom stereocenters. The number of likely N-dealkylation sites (tertiary alicyclic amines) is 1. The Hall–Kier alpha value is -2.19. The molecule has 0 aliphatic carbocycles. The molecule has 1 aromatic carbocycles. The van der Waals surface area contributed by atoms with Gasteiger partial charge in [0.25, 0.3) is 0 Å². The van der Waals surface area contributed by atoms with E-state index < -0.39 is 11.6 Å². The van der Waals surface area contributed by atoms with Crippen molar-refractivity contribution in [1.29, 1.82) is 0 Å². The third-order valence-electron chi connectivity index (χ3n) is 5.65. The molecule has 27 heavy (non-hydrogen) atoms. The number of rotatable bonds is 4. The fourth-order valence-electron chi connectivity index (χ4n) is 4.00. The molecule has 2 atom stereocenters. The summed E-state index contributed by atoms with van der Waals surface area (Å²) in [5.74, 6) is -1.10.